The van der Waals surface area contributed by atoms with E-state index in [4.69, 9.17) is 4.74 Å². The molecule has 1 saturated heterocycles. The van der Waals surface area contributed by atoms with Crippen LogP contribution in [0.1, 0.15) is 24.0 Å². The normalized spacial score (nSPS) is 16.9. The molecule has 1 aliphatic heterocycles. The van der Waals surface area contributed by atoms with E-state index in [0.29, 0.717) is 43.2 Å². The summed E-state index contributed by atoms with van der Waals surface area (Å²) >= 11 is 1.63. The standard InChI is InChI=1S/C23H28N2O4S2/c1-29-20-6-8-21(9-7-20)30-16-11-23(26)24-12-14-25(15-13-24)31(27,28)22-10-5-18-3-2-4-19(18)17-22/h5-10,17H,2-4,11-16H2,1H3. The SMILES string of the molecule is COc1ccc(SCCC(=O)N2CCN(S(=O)(=O)c3ccc4c(c3)CCC4)CC2)cc1. The fraction of sp³-hybridized carbons (Fsp3) is 0.435. The molecule has 8 heteroatoms. The fourth-order valence-electron chi connectivity index (χ4n) is 4.12. The number of amides is 1. The largest absolute Gasteiger partial charge is 0.497 e. The number of benzene rings is 2. The zero-order valence-electron chi connectivity index (χ0n) is 17.7. The number of hydrogen-bond donors (Lipinski definition) is 0. The topological polar surface area (TPSA) is 66.9 Å². The summed E-state index contributed by atoms with van der Waals surface area (Å²) in [5.41, 5.74) is 2.42. The Labute approximate surface area is 188 Å². The van der Waals surface area contributed by atoms with Crippen molar-refractivity contribution in [3.63, 3.8) is 0 Å². The van der Waals surface area contributed by atoms with Crippen molar-refractivity contribution in [3.05, 3.63) is 53.6 Å². The van der Waals surface area contributed by atoms with Gasteiger partial charge in [0, 0.05) is 43.2 Å². The number of piperazine rings is 1. The molecule has 6 nitrogen and oxygen atoms in total. The van der Waals surface area contributed by atoms with Crippen LogP contribution in [-0.4, -0.2) is 62.6 Å². The van der Waals surface area contributed by atoms with E-state index in [1.807, 2.05) is 36.4 Å². The lowest BCUT2D eigenvalue weighted by Crippen LogP contribution is -2.50. The van der Waals surface area contributed by atoms with Gasteiger partial charge in [0.15, 0.2) is 0 Å². The van der Waals surface area contributed by atoms with Gasteiger partial charge in [0.25, 0.3) is 0 Å². The second kappa shape index (κ2) is 9.63. The molecule has 2 aliphatic rings. The molecule has 0 aromatic heterocycles. The van der Waals surface area contributed by atoms with Crippen LogP contribution in [0.4, 0.5) is 0 Å². The molecule has 0 radical (unpaired) electrons. The summed E-state index contributed by atoms with van der Waals surface area (Å²) < 4.78 is 32.8. The van der Waals surface area contributed by atoms with Crippen molar-refractivity contribution in [2.75, 3.05) is 39.0 Å². The lowest BCUT2D eigenvalue weighted by Gasteiger charge is -2.34. The summed E-state index contributed by atoms with van der Waals surface area (Å²) in [6.45, 7) is 1.57. The average molecular weight is 461 g/mol. The minimum Gasteiger partial charge on any atom is -0.497 e. The molecule has 0 bridgehead atoms. The Morgan fingerprint density at radius 2 is 1.71 bits per heavy atom. The van der Waals surface area contributed by atoms with Gasteiger partial charge in [-0.2, -0.15) is 4.31 Å². The highest BCUT2D eigenvalue weighted by molar-refractivity contribution is 7.99. The van der Waals surface area contributed by atoms with Gasteiger partial charge >= 0.3 is 0 Å². The number of aryl methyl sites for hydroxylation is 2. The van der Waals surface area contributed by atoms with Crippen LogP contribution in [0.3, 0.4) is 0 Å². The van der Waals surface area contributed by atoms with E-state index in [0.717, 1.165) is 35.5 Å². The van der Waals surface area contributed by atoms with Crippen molar-refractivity contribution < 1.29 is 17.9 Å². The Balaban J connectivity index is 1.27. The minimum atomic E-state index is -3.51. The number of nitrogens with zero attached hydrogens (tertiary/aromatic N) is 2. The van der Waals surface area contributed by atoms with Crippen LogP contribution in [0.2, 0.25) is 0 Å². The number of thioether (sulfide) groups is 1. The van der Waals surface area contributed by atoms with E-state index in [9.17, 15) is 13.2 Å². The Morgan fingerprint density at radius 1 is 1.00 bits per heavy atom. The smallest absolute Gasteiger partial charge is 0.243 e. The van der Waals surface area contributed by atoms with Gasteiger partial charge in [0.1, 0.15) is 5.75 Å². The molecule has 1 heterocycles. The number of carbonyl (C=O) groups excluding carboxylic acids is 1. The van der Waals surface area contributed by atoms with Gasteiger partial charge in [-0.1, -0.05) is 6.07 Å². The predicted molar refractivity (Wildman–Crippen MR) is 122 cm³/mol. The summed E-state index contributed by atoms with van der Waals surface area (Å²) in [4.78, 5) is 15.8. The van der Waals surface area contributed by atoms with Gasteiger partial charge in [-0.3, -0.25) is 4.79 Å². The molecule has 0 saturated carbocycles. The number of rotatable bonds is 7. The third-order valence-corrected chi connectivity index (χ3v) is 8.85. The molecule has 4 rings (SSSR count). The molecule has 2 aromatic rings. The van der Waals surface area contributed by atoms with Crippen LogP contribution in [0.15, 0.2) is 52.3 Å². The molecule has 31 heavy (non-hydrogen) atoms. The highest BCUT2D eigenvalue weighted by Crippen LogP contribution is 2.27. The van der Waals surface area contributed by atoms with Crippen LogP contribution in [0.5, 0.6) is 5.75 Å². The Hall–Kier alpha value is -2.03. The Morgan fingerprint density at radius 3 is 2.42 bits per heavy atom. The first kappa shape index (κ1) is 22.2. The van der Waals surface area contributed by atoms with E-state index >= 15 is 0 Å². The van der Waals surface area contributed by atoms with E-state index in [2.05, 4.69) is 0 Å². The molecule has 0 spiro atoms. The summed E-state index contributed by atoms with van der Waals surface area (Å²) in [6, 6.07) is 13.3. The van der Waals surface area contributed by atoms with E-state index in [1.165, 1.54) is 9.87 Å². The maximum absolute atomic E-state index is 13.0. The van der Waals surface area contributed by atoms with Crippen LogP contribution in [-0.2, 0) is 27.7 Å². The predicted octanol–water partition coefficient (Wildman–Crippen LogP) is 3.20. The van der Waals surface area contributed by atoms with Crippen molar-refractivity contribution in [2.45, 2.75) is 35.5 Å². The van der Waals surface area contributed by atoms with E-state index in [-0.39, 0.29) is 5.91 Å². The number of carbonyl (C=O) groups is 1. The fourth-order valence-corrected chi connectivity index (χ4v) is 6.44. The summed E-state index contributed by atoms with van der Waals surface area (Å²) in [6.07, 6.45) is 3.52. The Kier molecular flexibility index (Phi) is 6.89. The lowest BCUT2D eigenvalue weighted by atomic mass is 10.1. The van der Waals surface area contributed by atoms with Crippen LogP contribution < -0.4 is 4.74 Å². The molecule has 0 atom stereocenters. The second-order valence-electron chi connectivity index (χ2n) is 7.84. The van der Waals surface area contributed by atoms with Crippen molar-refractivity contribution in [3.8, 4) is 5.75 Å². The monoisotopic (exact) mass is 460 g/mol. The maximum atomic E-state index is 13.0. The first-order valence-electron chi connectivity index (χ1n) is 10.6. The second-order valence-corrected chi connectivity index (χ2v) is 10.9. The number of ether oxygens (including phenoxy) is 1. The number of fused-ring (bicyclic) bond motifs is 1. The molecule has 1 amide bonds. The molecule has 1 aliphatic carbocycles. The van der Waals surface area contributed by atoms with Crippen LogP contribution in [0, 0.1) is 0 Å². The number of methoxy groups -OCH3 is 1. The molecule has 1 fully saturated rings. The maximum Gasteiger partial charge on any atom is 0.243 e. The average Bonchev–Trinajstić information content (AvgIpc) is 3.27. The van der Waals surface area contributed by atoms with Crippen LogP contribution >= 0.6 is 11.8 Å². The summed E-state index contributed by atoms with van der Waals surface area (Å²) in [5.74, 6) is 1.59. The van der Waals surface area contributed by atoms with Crippen molar-refractivity contribution in [1.82, 2.24) is 9.21 Å². The highest BCUT2D eigenvalue weighted by Gasteiger charge is 2.30. The Bertz CT molecular complexity index is 1030. The minimum absolute atomic E-state index is 0.0793. The first-order chi connectivity index (χ1) is 15.0. The highest BCUT2D eigenvalue weighted by atomic mass is 32.2. The number of hydrogen-bond acceptors (Lipinski definition) is 5. The first-order valence-corrected chi connectivity index (χ1v) is 13.1. The van der Waals surface area contributed by atoms with Crippen molar-refractivity contribution in [1.29, 1.82) is 0 Å². The van der Waals surface area contributed by atoms with Gasteiger partial charge in [-0.25, -0.2) is 8.42 Å². The quantitative estimate of drug-likeness (QED) is 0.594. The third kappa shape index (κ3) is 5.07. The van der Waals surface area contributed by atoms with Gasteiger partial charge in [0.2, 0.25) is 15.9 Å². The molecular formula is C23H28N2O4S2. The molecular weight excluding hydrogens is 432 g/mol. The summed E-state index contributed by atoms with van der Waals surface area (Å²) in [5, 5.41) is 0. The number of sulfonamides is 1. The molecule has 0 unspecified atom stereocenters. The van der Waals surface area contributed by atoms with Gasteiger partial charge in [0.05, 0.1) is 12.0 Å². The lowest BCUT2D eigenvalue weighted by molar-refractivity contribution is -0.131. The van der Waals surface area contributed by atoms with Crippen molar-refractivity contribution >= 4 is 27.7 Å². The molecule has 166 valence electrons. The van der Waals surface area contributed by atoms with Crippen LogP contribution in [0.25, 0.3) is 0 Å². The van der Waals surface area contributed by atoms with Gasteiger partial charge in [-0.05, 0) is 66.8 Å². The molecule has 2 aromatic carbocycles. The van der Waals surface area contributed by atoms with E-state index in [1.54, 1.807) is 29.8 Å². The van der Waals surface area contributed by atoms with Gasteiger partial charge in [-0.15, -0.1) is 11.8 Å². The molecule has 0 N–H and O–H groups in total. The van der Waals surface area contributed by atoms with Gasteiger partial charge < -0.3 is 9.64 Å². The van der Waals surface area contributed by atoms with E-state index < -0.39 is 10.0 Å². The third-order valence-electron chi connectivity index (χ3n) is 5.94. The zero-order valence-corrected chi connectivity index (χ0v) is 19.4. The summed E-state index contributed by atoms with van der Waals surface area (Å²) in [7, 11) is -1.87. The zero-order chi connectivity index (χ0) is 21.8. The van der Waals surface area contributed by atoms with Crippen molar-refractivity contribution in [2.24, 2.45) is 0 Å².